The summed E-state index contributed by atoms with van der Waals surface area (Å²) in [6.45, 7) is 1.92. The number of aliphatic hydroxyl groups excluding tert-OH is 1. The monoisotopic (exact) mass is 285 g/mol. The predicted molar refractivity (Wildman–Crippen MR) is 67.2 cm³/mol. The lowest BCUT2D eigenvalue weighted by molar-refractivity contribution is -0.121. The topological polar surface area (TPSA) is 49.3 Å². The number of hydrogen-bond acceptors (Lipinski definition) is 2. The van der Waals surface area contributed by atoms with Crippen LogP contribution < -0.4 is 5.32 Å². The summed E-state index contributed by atoms with van der Waals surface area (Å²) < 4.78 is 0.965. The van der Waals surface area contributed by atoms with Crippen LogP contribution in [0, 0.1) is 0 Å². The number of carbonyl (C=O) groups is 1. The van der Waals surface area contributed by atoms with E-state index in [9.17, 15) is 4.79 Å². The molecule has 16 heavy (non-hydrogen) atoms. The van der Waals surface area contributed by atoms with Crippen LogP contribution in [0.15, 0.2) is 28.7 Å². The van der Waals surface area contributed by atoms with Crippen molar-refractivity contribution >= 4 is 21.8 Å². The van der Waals surface area contributed by atoms with Gasteiger partial charge in [-0.25, -0.2) is 0 Å². The molecule has 0 aliphatic carbocycles. The van der Waals surface area contributed by atoms with Crippen LogP contribution in [-0.2, 0) is 11.2 Å². The molecule has 4 heteroatoms. The zero-order valence-electron chi connectivity index (χ0n) is 9.24. The standard InChI is InChI=1S/C12H16BrNO2/c1-2-11(8-15)14-12(16)7-9-4-3-5-10(13)6-9/h3-6,11,15H,2,7-8H2,1H3,(H,14,16)/t11-/m1/s1. The van der Waals surface area contributed by atoms with Crippen molar-refractivity contribution in [1.82, 2.24) is 5.32 Å². The third-order valence-corrected chi connectivity index (χ3v) is 2.83. The second-order valence-electron chi connectivity index (χ2n) is 3.66. The molecule has 1 aromatic carbocycles. The average molecular weight is 286 g/mol. The van der Waals surface area contributed by atoms with E-state index in [0.717, 1.165) is 16.5 Å². The van der Waals surface area contributed by atoms with Crippen molar-refractivity contribution in [2.75, 3.05) is 6.61 Å². The van der Waals surface area contributed by atoms with Crippen molar-refractivity contribution in [3.63, 3.8) is 0 Å². The van der Waals surface area contributed by atoms with Crippen molar-refractivity contribution in [3.05, 3.63) is 34.3 Å². The van der Waals surface area contributed by atoms with Crippen LogP contribution >= 0.6 is 15.9 Å². The molecular formula is C12H16BrNO2. The Labute approximate surface area is 104 Å². The lowest BCUT2D eigenvalue weighted by Gasteiger charge is -2.13. The molecule has 0 saturated carbocycles. The highest BCUT2D eigenvalue weighted by Crippen LogP contribution is 2.12. The SMILES string of the molecule is CC[C@H](CO)NC(=O)Cc1cccc(Br)c1. The van der Waals surface area contributed by atoms with Gasteiger partial charge in [0, 0.05) is 4.47 Å². The molecule has 0 bridgehead atoms. The van der Waals surface area contributed by atoms with E-state index < -0.39 is 0 Å². The summed E-state index contributed by atoms with van der Waals surface area (Å²) in [4.78, 5) is 11.6. The van der Waals surface area contributed by atoms with Gasteiger partial charge in [0.15, 0.2) is 0 Å². The Bertz CT molecular complexity index is 351. The third-order valence-electron chi connectivity index (χ3n) is 2.33. The minimum absolute atomic E-state index is 0.0132. The Balaban J connectivity index is 2.51. The van der Waals surface area contributed by atoms with Gasteiger partial charge in [-0.1, -0.05) is 35.0 Å². The minimum Gasteiger partial charge on any atom is -0.394 e. The Morgan fingerprint density at radius 2 is 2.31 bits per heavy atom. The highest BCUT2D eigenvalue weighted by Gasteiger charge is 2.09. The summed E-state index contributed by atoms with van der Waals surface area (Å²) >= 11 is 3.36. The van der Waals surface area contributed by atoms with Crippen LogP contribution in [0.25, 0.3) is 0 Å². The Kier molecular flexibility index (Phi) is 5.49. The number of halogens is 1. The molecule has 1 aromatic rings. The maximum absolute atomic E-state index is 11.6. The third kappa shape index (κ3) is 4.33. The summed E-state index contributed by atoms with van der Waals surface area (Å²) in [7, 11) is 0. The van der Waals surface area contributed by atoms with Gasteiger partial charge < -0.3 is 10.4 Å². The lowest BCUT2D eigenvalue weighted by Crippen LogP contribution is -2.37. The molecule has 1 atom stereocenters. The van der Waals surface area contributed by atoms with Crippen LogP contribution in [0.3, 0.4) is 0 Å². The number of carbonyl (C=O) groups excluding carboxylic acids is 1. The molecular weight excluding hydrogens is 270 g/mol. The maximum atomic E-state index is 11.6. The fourth-order valence-electron chi connectivity index (χ4n) is 1.39. The molecule has 0 saturated heterocycles. The minimum atomic E-state index is -0.139. The number of amides is 1. The van der Waals surface area contributed by atoms with E-state index in [4.69, 9.17) is 5.11 Å². The molecule has 0 heterocycles. The smallest absolute Gasteiger partial charge is 0.224 e. The quantitative estimate of drug-likeness (QED) is 0.868. The van der Waals surface area contributed by atoms with E-state index in [2.05, 4.69) is 21.2 Å². The number of aliphatic hydroxyl groups is 1. The first-order valence-corrected chi connectivity index (χ1v) is 6.09. The number of benzene rings is 1. The second-order valence-corrected chi connectivity index (χ2v) is 4.58. The molecule has 2 N–H and O–H groups in total. The molecule has 0 spiro atoms. The molecule has 3 nitrogen and oxygen atoms in total. The Morgan fingerprint density at radius 3 is 2.88 bits per heavy atom. The number of nitrogens with one attached hydrogen (secondary N) is 1. The molecule has 0 aromatic heterocycles. The molecule has 0 unspecified atom stereocenters. The van der Waals surface area contributed by atoms with Crippen molar-refractivity contribution in [1.29, 1.82) is 0 Å². The average Bonchev–Trinajstić information content (AvgIpc) is 2.26. The van der Waals surface area contributed by atoms with Crippen LogP contribution in [0.4, 0.5) is 0 Å². The van der Waals surface area contributed by atoms with Crippen LogP contribution in [0.5, 0.6) is 0 Å². The van der Waals surface area contributed by atoms with E-state index in [0.29, 0.717) is 6.42 Å². The van der Waals surface area contributed by atoms with E-state index in [1.807, 2.05) is 31.2 Å². The summed E-state index contributed by atoms with van der Waals surface area (Å²) in [5, 5.41) is 11.7. The first kappa shape index (κ1) is 13.2. The van der Waals surface area contributed by atoms with Gasteiger partial charge in [-0.3, -0.25) is 4.79 Å². The predicted octanol–water partition coefficient (Wildman–Crippen LogP) is 1.88. The Hall–Kier alpha value is -0.870. The molecule has 1 amide bonds. The van der Waals surface area contributed by atoms with E-state index in [1.165, 1.54) is 0 Å². The van der Waals surface area contributed by atoms with E-state index >= 15 is 0 Å². The summed E-state index contributed by atoms with van der Waals surface area (Å²) in [5.74, 6) is -0.0565. The van der Waals surface area contributed by atoms with Gasteiger partial charge in [-0.15, -0.1) is 0 Å². The zero-order chi connectivity index (χ0) is 12.0. The Morgan fingerprint density at radius 1 is 1.56 bits per heavy atom. The number of rotatable bonds is 5. The van der Waals surface area contributed by atoms with Gasteiger partial charge >= 0.3 is 0 Å². The first-order valence-electron chi connectivity index (χ1n) is 5.30. The van der Waals surface area contributed by atoms with Crippen molar-refractivity contribution in [2.24, 2.45) is 0 Å². The van der Waals surface area contributed by atoms with Gasteiger partial charge in [0.1, 0.15) is 0 Å². The van der Waals surface area contributed by atoms with E-state index in [-0.39, 0.29) is 18.6 Å². The van der Waals surface area contributed by atoms with Gasteiger partial charge in [0.2, 0.25) is 5.91 Å². The normalized spacial score (nSPS) is 12.2. The highest BCUT2D eigenvalue weighted by atomic mass is 79.9. The molecule has 1 rings (SSSR count). The van der Waals surface area contributed by atoms with Gasteiger partial charge in [0.25, 0.3) is 0 Å². The van der Waals surface area contributed by atoms with Gasteiger partial charge in [-0.05, 0) is 24.1 Å². The summed E-state index contributed by atoms with van der Waals surface area (Å²) in [6.07, 6.45) is 1.08. The largest absolute Gasteiger partial charge is 0.394 e. The van der Waals surface area contributed by atoms with E-state index in [1.54, 1.807) is 0 Å². The maximum Gasteiger partial charge on any atom is 0.224 e. The van der Waals surface area contributed by atoms with Crippen LogP contribution in [0.1, 0.15) is 18.9 Å². The van der Waals surface area contributed by atoms with Gasteiger partial charge in [-0.2, -0.15) is 0 Å². The molecule has 0 fully saturated rings. The van der Waals surface area contributed by atoms with Gasteiger partial charge in [0.05, 0.1) is 19.1 Å². The second kappa shape index (κ2) is 6.66. The lowest BCUT2D eigenvalue weighted by atomic mass is 10.1. The van der Waals surface area contributed by atoms with Crippen molar-refractivity contribution in [2.45, 2.75) is 25.8 Å². The van der Waals surface area contributed by atoms with Crippen LogP contribution in [-0.4, -0.2) is 23.7 Å². The highest BCUT2D eigenvalue weighted by molar-refractivity contribution is 9.10. The summed E-state index contributed by atoms with van der Waals surface area (Å²) in [5.41, 5.74) is 0.958. The molecule has 88 valence electrons. The molecule has 0 radical (unpaired) electrons. The summed E-state index contributed by atoms with van der Waals surface area (Å²) in [6, 6.07) is 7.50. The van der Waals surface area contributed by atoms with Crippen LogP contribution in [0.2, 0.25) is 0 Å². The molecule has 0 aliphatic rings. The zero-order valence-corrected chi connectivity index (χ0v) is 10.8. The van der Waals surface area contributed by atoms with Crippen molar-refractivity contribution < 1.29 is 9.90 Å². The fourth-order valence-corrected chi connectivity index (χ4v) is 1.83. The van der Waals surface area contributed by atoms with Crippen molar-refractivity contribution in [3.8, 4) is 0 Å². The number of hydrogen-bond donors (Lipinski definition) is 2. The fraction of sp³-hybridized carbons (Fsp3) is 0.417. The first-order chi connectivity index (χ1) is 7.65. The molecule has 0 aliphatic heterocycles.